The maximum absolute atomic E-state index is 13.5. The topological polar surface area (TPSA) is 88.2 Å². The third-order valence-corrected chi connectivity index (χ3v) is 5.28. The van der Waals surface area contributed by atoms with Crippen molar-refractivity contribution in [2.75, 3.05) is 14.2 Å². The van der Waals surface area contributed by atoms with Crippen molar-refractivity contribution in [3.63, 3.8) is 0 Å². The summed E-state index contributed by atoms with van der Waals surface area (Å²) in [7, 11) is 3.16. The number of aromatic nitrogens is 4. The number of methoxy groups -OCH3 is 2. The Morgan fingerprint density at radius 2 is 1.71 bits per heavy atom. The van der Waals surface area contributed by atoms with Crippen LogP contribution in [0.1, 0.15) is 16.8 Å². The molecule has 0 saturated carbocycles. The van der Waals surface area contributed by atoms with Gasteiger partial charge in [-0.2, -0.15) is 0 Å². The molecular weight excluding hydrogens is 396 g/mol. The SMILES string of the molecule is COc1ccc(-n2c(=O)n(Cc3ncc(C)c(OC)c3C)c(=O)c3cccnc32)cc1. The third kappa shape index (κ3) is 3.46. The number of aryl methyl sites for hydroxylation is 1. The standard InChI is InChI=1S/C23H22N4O4/c1-14-12-25-19(15(2)20(14)31-4)13-26-22(28)18-6-5-11-24-21(18)27(23(26)29)16-7-9-17(30-3)10-8-16/h5-12H,13H2,1-4H3. The molecule has 0 amide bonds. The van der Waals surface area contributed by atoms with Crippen LogP contribution < -0.4 is 20.7 Å². The van der Waals surface area contributed by atoms with Crippen LogP contribution in [0.15, 0.2) is 58.4 Å². The molecule has 3 aromatic heterocycles. The third-order valence-electron chi connectivity index (χ3n) is 5.28. The molecule has 8 nitrogen and oxygen atoms in total. The van der Waals surface area contributed by atoms with E-state index in [4.69, 9.17) is 9.47 Å². The van der Waals surface area contributed by atoms with Gasteiger partial charge in [-0.15, -0.1) is 0 Å². The molecule has 0 saturated heterocycles. The highest BCUT2D eigenvalue weighted by Crippen LogP contribution is 2.24. The summed E-state index contributed by atoms with van der Waals surface area (Å²) in [6.07, 6.45) is 3.24. The molecule has 0 aliphatic carbocycles. The molecule has 0 unspecified atom stereocenters. The molecule has 0 radical (unpaired) electrons. The fourth-order valence-corrected chi connectivity index (χ4v) is 3.67. The first-order chi connectivity index (χ1) is 15.0. The molecule has 0 N–H and O–H groups in total. The van der Waals surface area contributed by atoms with Crippen molar-refractivity contribution in [2.24, 2.45) is 0 Å². The lowest BCUT2D eigenvalue weighted by molar-refractivity contribution is 0.406. The largest absolute Gasteiger partial charge is 0.497 e. The molecule has 4 rings (SSSR count). The van der Waals surface area contributed by atoms with E-state index >= 15 is 0 Å². The van der Waals surface area contributed by atoms with Crippen LogP contribution in [-0.2, 0) is 6.54 Å². The Balaban J connectivity index is 1.97. The van der Waals surface area contributed by atoms with Gasteiger partial charge in [-0.05, 0) is 50.2 Å². The Bertz CT molecular complexity index is 1390. The first kappa shape index (κ1) is 20.3. The Morgan fingerprint density at radius 1 is 0.968 bits per heavy atom. The molecule has 0 bridgehead atoms. The number of rotatable bonds is 5. The van der Waals surface area contributed by atoms with E-state index in [1.165, 1.54) is 9.13 Å². The average molecular weight is 418 g/mol. The molecule has 0 atom stereocenters. The monoisotopic (exact) mass is 418 g/mol. The maximum atomic E-state index is 13.5. The van der Waals surface area contributed by atoms with Crippen molar-refractivity contribution in [3.05, 3.63) is 86.5 Å². The van der Waals surface area contributed by atoms with E-state index in [1.807, 2.05) is 13.8 Å². The summed E-state index contributed by atoms with van der Waals surface area (Å²) in [5, 5.41) is 0.342. The summed E-state index contributed by atoms with van der Waals surface area (Å²) >= 11 is 0. The molecule has 8 heteroatoms. The minimum atomic E-state index is -0.498. The molecule has 0 fully saturated rings. The Morgan fingerprint density at radius 3 is 2.39 bits per heavy atom. The highest BCUT2D eigenvalue weighted by molar-refractivity contribution is 5.75. The lowest BCUT2D eigenvalue weighted by Gasteiger charge is -2.16. The molecule has 1 aromatic carbocycles. The first-order valence-electron chi connectivity index (χ1n) is 9.70. The van der Waals surface area contributed by atoms with Crippen LogP contribution >= 0.6 is 0 Å². The van der Waals surface area contributed by atoms with E-state index in [0.29, 0.717) is 33.9 Å². The molecule has 3 heterocycles. The van der Waals surface area contributed by atoms with E-state index < -0.39 is 11.2 Å². The maximum Gasteiger partial charge on any atom is 0.337 e. The summed E-state index contributed by atoms with van der Waals surface area (Å²) in [6.45, 7) is 3.78. The highest BCUT2D eigenvalue weighted by atomic mass is 16.5. The molecule has 158 valence electrons. The highest BCUT2D eigenvalue weighted by Gasteiger charge is 2.18. The van der Waals surface area contributed by atoms with Crippen LogP contribution in [0.4, 0.5) is 0 Å². The fourth-order valence-electron chi connectivity index (χ4n) is 3.67. The van der Waals surface area contributed by atoms with Crippen LogP contribution in [0.5, 0.6) is 11.5 Å². The smallest absolute Gasteiger partial charge is 0.337 e. The van der Waals surface area contributed by atoms with Gasteiger partial charge in [-0.25, -0.2) is 14.3 Å². The van der Waals surface area contributed by atoms with E-state index in [2.05, 4.69) is 9.97 Å². The van der Waals surface area contributed by atoms with Crippen molar-refractivity contribution in [2.45, 2.75) is 20.4 Å². The summed E-state index contributed by atoms with van der Waals surface area (Å²) in [5.74, 6) is 1.35. The molecule has 4 aromatic rings. The van der Waals surface area contributed by atoms with E-state index in [-0.39, 0.29) is 6.54 Å². The van der Waals surface area contributed by atoms with Gasteiger partial charge in [0, 0.05) is 23.5 Å². The number of nitrogens with zero attached hydrogens (tertiary/aromatic N) is 4. The van der Waals surface area contributed by atoms with Gasteiger partial charge in [0.05, 0.1) is 37.5 Å². The van der Waals surface area contributed by atoms with Crippen molar-refractivity contribution >= 4 is 11.0 Å². The van der Waals surface area contributed by atoms with Gasteiger partial charge in [0.15, 0.2) is 5.65 Å². The van der Waals surface area contributed by atoms with Crippen LogP contribution in [0.2, 0.25) is 0 Å². The Labute approximate surface area is 178 Å². The normalized spacial score (nSPS) is 11.0. The number of benzene rings is 1. The van der Waals surface area contributed by atoms with Crippen LogP contribution in [0, 0.1) is 13.8 Å². The fraction of sp³-hybridized carbons (Fsp3) is 0.217. The van der Waals surface area contributed by atoms with Gasteiger partial charge in [-0.3, -0.25) is 14.3 Å². The van der Waals surface area contributed by atoms with E-state index in [9.17, 15) is 9.59 Å². The lowest BCUT2D eigenvalue weighted by atomic mass is 10.1. The average Bonchev–Trinajstić information content (AvgIpc) is 2.79. The molecule has 31 heavy (non-hydrogen) atoms. The summed E-state index contributed by atoms with van der Waals surface area (Å²) in [4.78, 5) is 35.5. The summed E-state index contributed by atoms with van der Waals surface area (Å²) in [5.41, 5.74) is 2.22. The van der Waals surface area contributed by atoms with Crippen molar-refractivity contribution in [3.8, 4) is 17.2 Å². The zero-order chi connectivity index (χ0) is 22.1. The summed E-state index contributed by atoms with van der Waals surface area (Å²) < 4.78 is 13.3. The molecule has 0 aliphatic rings. The van der Waals surface area contributed by atoms with Crippen molar-refractivity contribution in [1.29, 1.82) is 0 Å². The predicted octanol–water partition coefficient (Wildman–Crippen LogP) is 2.62. The quantitative estimate of drug-likeness (QED) is 0.495. The number of ether oxygens (including phenoxy) is 2. The van der Waals surface area contributed by atoms with Crippen LogP contribution in [0.3, 0.4) is 0 Å². The van der Waals surface area contributed by atoms with E-state index in [0.717, 1.165) is 11.1 Å². The van der Waals surface area contributed by atoms with Gasteiger partial charge < -0.3 is 9.47 Å². The Kier molecular flexibility index (Phi) is 5.29. The van der Waals surface area contributed by atoms with Crippen molar-refractivity contribution in [1.82, 2.24) is 19.1 Å². The van der Waals surface area contributed by atoms with Gasteiger partial charge >= 0.3 is 5.69 Å². The minimum absolute atomic E-state index is 0.0150. The molecule has 0 spiro atoms. The molecule has 0 aliphatic heterocycles. The summed E-state index contributed by atoms with van der Waals surface area (Å²) in [6, 6.07) is 10.3. The second-order valence-corrected chi connectivity index (χ2v) is 7.13. The van der Waals surface area contributed by atoms with Crippen LogP contribution in [-0.4, -0.2) is 33.3 Å². The predicted molar refractivity (Wildman–Crippen MR) is 118 cm³/mol. The zero-order valence-corrected chi connectivity index (χ0v) is 17.7. The van der Waals surface area contributed by atoms with E-state index in [1.54, 1.807) is 63.0 Å². The van der Waals surface area contributed by atoms with Crippen LogP contribution in [0.25, 0.3) is 16.7 Å². The van der Waals surface area contributed by atoms with Gasteiger partial charge in [-0.1, -0.05) is 0 Å². The van der Waals surface area contributed by atoms with Gasteiger partial charge in [0.1, 0.15) is 11.5 Å². The number of hydrogen-bond acceptors (Lipinski definition) is 6. The second-order valence-electron chi connectivity index (χ2n) is 7.13. The minimum Gasteiger partial charge on any atom is -0.497 e. The number of pyridine rings is 2. The lowest BCUT2D eigenvalue weighted by Crippen LogP contribution is -2.40. The van der Waals surface area contributed by atoms with Crippen molar-refractivity contribution < 1.29 is 9.47 Å². The number of fused-ring (bicyclic) bond motifs is 1. The second kappa shape index (κ2) is 8.06. The van der Waals surface area contributed by atoms with Gasteiger partial charge in [0.2, 0.25) is 0 Å². The molecular formula is C23H22N4O4. The zero-order valence-electron chi connectivity index (χ0n) is 17.7. The number of hydrogen-bond donors (Lipinski definition) is 0. The Hall–Kier alpha value is -3.94. The first-order valence-corrected chi connectivity index (χ1v) is 9.70. The van der Waals surface area contributed by atoms with Gasteiger partial charge in [0.25, 0.3) is 5.56 Å².